The second-order valence-electron chi connectivity index (χ2n) is 9.87. The summed E-state index contributed by atoms with van der Waals surface area (Å²) < 4.78 is 0. The molecule has 2 aromatic carbocycles. The van der Waals surface area contributed by atoms with E-state index >= 15 is 0 Å². The van der Waals surface area contributed by atoms with E-state index in [0.717, 1.165) is 39.1 Å². The molecule has 1 N–H and O–H groups in total. The average molecular weight is 449 g/mol. The maximum Gasteiger partial charge on any atom is 0.237 e. The van der Waals surface area contributed by atoms with Crippen molar-refractivity contribution < 1.29 is 9.59 Å². The molecular weight excluding hydrogens is 412 g/mol. The minimum Gasteiger partial charge on any atom is -0.353 e. The molecule has 2 aliphatic heterocycles. The molecule has 6 nitrogen and oxygen atoms in total. The molecule has 0 radical (unpaired) electrons. The molecule has 2 amide bonds. The fourth-order valence-corrected chi connectivity index (χ4v) is 5.86. The van der Waals surface area contributed by atoms with Gasteiger partial charge in [0.15, 0.2) is 0 Å². The standard InChI is InChI=1S/C27H36N4O2/c32-26(30-14-5-13-29(16-17-30)24-8-3-4-9-24)19-25-27(33)28-12-15-31(25)20-21-10-11-22-6-1-2-7-23(22)18-21/h1-2,6-7,10-11,18,24-25H,3-5,8-9,12-17,19-20H2,(H,28,33). The highest BCUT2D eigenvalue weighted by Crippen LogP contribution is 2.25. The number of carbonyl (C=O) groups excluding carboxylic acids is 2. The number of hydrogen-bond donors (Lipinski definition) is 1. The van der Waals surface area contributed by atoms with Gasteiger partial charge in [0.2, 0.25) is 11.8 Å². The van der Waals surface area contributed by atoms with E-state index in [2.05, 4.69) is 57.6 Å². The zero-order valence-electron chi connectivity index (χ0n) is 19.5. The van der Waals surface area contributed by atoms with Gasteiger partial charge in [-0.3, -0.25) is 19.4 Å². The van der Waals surface area contributed by atoms with Crippen molar-refractivity contribution in [1.82, 2.24) is 20.0 Å². The van der Waals surface area contributed by atoms with Crippen LogP contribution >= 0.6 is 0 Å². The van der Waals surface area contributed by atoms with Crippen LogP contribution in [0.2, 0.25) is 0 Å². The first-order valence-corrected chi connectivity index (χ1v) is 12.7. The highest BCUT2D eigenvalue weighted by molar-refractivity contribution is 5.89. The van der Waals surface area contributed by atoms with E-state index < -0.39 is 6.04 Å². The molecule has 1 atom stereocenters. The molecule has 2 aromatic rings. The first-order chi connectivity index (χ1) is 16.2. The summed E-state index contributed by atoms with van der Waals surface area (Å²) in [6, 6.07) is 15.1. The lowest BCUT2D eigenvalue weighted by Gasteiger charge is -2.36. The first kappa shape index (κ1) is 22.4. The fraction of sp³-hybridized carbons (Fsp3) is 0.556. The van der Waals surface area contributed by atoms with Gasteiger partial charge in [-0.1, -0.05) is 49.2 Å². The van der Waals surface area contributed by atoms with E-state index in [1.165, 1.54) is 42.0 Å². The molecule has 2 saturated heterocycles. The molecule has 0 bridgehead atoms. The minimum atomic E-state index is -0.396. The number of benzene rings is 2. The van der Waals surface area contributed by atoms with Crippen molar-refractivity contribution in [2.45, 2.75) is 57.2 Å². The minimum absolute atomic E-state index is 0.0159. The Hall–Kier alpha value is -2.44. The number of carbonyl (C=O) groups is 2. The van der Waals surface area contributed by atoms with Crippen LogP contribution in [0, 0.1) is 0 Å². The number of nitrogens with one attached hydrogen (secondary N) is 1. The first-order valence-electron chi connectivity index (χ1n) is 12.7. The van der Waals surface area contributed by atoms with Crippen molar-refractivity contribution in [2.24, 2.45) is 0 Å². The van der Waals surface area contributed by atoms with E-state index in [1.807, 2.05) is 4.90 Å². The summed E-state index contributed by atoms with van der Waals surface area (Å²) in [7, 11) is 0. The third-order valence-electron chi connectivity index (χ3n) is 7.73. The lowest BCUT2D eigenvalue weighted by atomic mass is 10.0. The largest absolute Gasteiger partial charge is 0.353 e. The van der Waals surface area contributed by atoms with Crippen molar-refractivity contribution in [3.8, 4) is 0 Å². The third-order valence-corrected chi connectivity index (χ3v) is 7.73. The van der Waals surface area contributed by atoms with Crippen molar-refractivity contribution in [1.29, 1.82) is 0 Å². The Labute approximate surface area is 196 Å². The molecule has 1 unspecified atom stereocenters. The van der Waals surface area contributed by atoms with Crippen LogP contribution in [0.4, 0.5) is 0 Å². The number of rotatable bonds is 5. The van der Waals surface area contributed by atoms with E-state index in [-0.39, 0.29) is 18.2 Å². The topological polar surface area (TPSA) is 55.9 Å². The van der Waals surface area contributed by atoms with Crippen LogP contribution in [0.3, 0.4) is 0 Å². The molecule has 6 heteroatoms. The Balaban J connectivity index is 1.23. The van der Waals surface area contributed by atoms with Crippen LogP contribution in [0.25, 0.3) is 10.8 Å². The number of hydrogen-bond acceptors (Lipinski definition) is 4. The van der Waals surface area contributed by atoms with Gasteiger partial charge in [-0.05, 0) is 41.7 Å². The molecule has 2 heterocycles. The van der Waals surface area contributed by atoms with Crippen molar-refractivity contribution >= 4 is 22.6 Å². The zero-order valence-corrected chi connectivity index (χ0v) is 19.5. The van der Waals surface area contributed by atoms with Gasteiger partial charge in [0, 0.05) is 51.9 Å². The van der Waals surface area contributed by atoms with Gasteiger partial charge in [0.25, 0.3) is 0 Å². The summed E-state index contributed by atoms with van der Waals surface area (Å²) in [6.45, 7) is 5.74. The predicted octanol–water partition coefficient (Wildman–Crippen LogP) is 3.01. The molecule has 33 heavy (non-hydrogen) atoms. The highest BCUT2D eigenvalue weighted by Gasteiger charge is 2.34. The molecular formula is C27H36N4O2. The van der Waals surface area contributed by atoms with Gasteiger partial charge in [-0.2, -0.15) is 0 Å². The molecule has 3 fully saturated rings. The Morgan fingerprint density at radius 2 is 1.73 bits per heavy atom. The second kappa shape index (κ2) is 10.2. The molecule has 0 spiro atoms. The molecule has 0 aromatic heterocycles. The van der Waals surface area contributed by atoms with Crippen molar-refractivity contribution in [2.75, 3.05) is 39.3 Å². The van der Waals surface area contributed by atoms with E-state index in [4.69, 9.17) is 0 Å². The van der Waals surface area contributed by atoms with Crippen LogP contribution in [-0.4, -0.2) is 77.9 Å². The van der Waals surface area contributed by atoms with Gasteiger partial charge in [0.05, 0.1) is 12.5 Å². The molecule has 176 valence electrons. The van der Waals surface area contributed by atoms with Crippen LogP contribution in [0.15, 0.2) is 42.5 Å². The average Bonchev–Trinajstić information content (AvgIpc) is 3.25. The van der Waals surface area contributed by atoms with Gasteiger partial charge >= 0.3 is 0 Å². The molecule has 1 saturated carbocycles. The smallest absolute Gasteiger partial charge is 0.237 e. The van der Waals surface area contributed by atoms with Gasteiger partial charge < -0.3 is 10.2 Å². The summed E-state index contributed by atoms with van der Waals surface area (Å²) in [4.78, 5) is 32.8. The van der Waals surface area contributed by atoms with E-state index in [1.54, 1.807) is 0 Å². The van der Waals surface area contributed by atoms with Crippen molar-refractivity contribution in [3.05, 3.63) is 48.0 Å². The number of nitrogens with zero attached hydrogens (tertiary/aromatic N) is 3. The summed E-state index contributed by atoms with van der Waals surface area (Å²) in [5, 5.41) is 5.41. The molecule has 1 aliphatic carbocycles. The third kappa shape index (κ3) is 5.22. The molecule has 5 rings (SSSR count). The van der Waals surface area contributed by atoms with Crippen LogP contribution < -0.4 is 5.32 Å². The predicted molar refractivity (Wildman–Crippen MR) is 131 cm³/mol. The Kier molecular flexibility index (Phi) is 6.93. The number of fused-ring (bicyclic) bond motifs is 1. The quantitative estimate of drug-likeness (QED) is 0.764. The van der Waals surface area contributed by atoms with Gasteiger partial charge in [-0.25, -0.2) is 0 Å². The van der Waals surface area contributed by atoms with Crippen LogP contribution in [0.5, 0.6) is 0 Å². The fourth-order valence-electron chi connectivity index (χ4n) is 5.86. The van der Waals surface area contributed by atoms with Crippen LogP contribution in [-0.2, 0) is 16.1 Å². The van der Waals surface area contributed by atoms with E-state index in [0.29, 0.717) is 19.1 Å². The van der Waals surface area contributed by atoms with E-state index in [9.17, 15) is 9.59 Å². The van der Waals surface area contributed by atoms with Gasteiger partial charge in [0.1, 0.15) is 0 Å². The number of amides is 2. The molecule has 3 aliphatic rings. The second-order valence-corrected chi connectivity index (χ2v) is 9.87. The SMILES string of the molecule is O=C1NCCN(Cc2ccc3ccccc3c2)C1CC(=O)N1CCCN(C2CCCC2)CC1. The summed E-state index contributed by atoms with van der Waals surface area (Å²) in [6.07, 6.45) is 6.59. The lowest BCUT2D eigenvalue weighted by Crippen LogP contribution is -2.56. The maximum atomic E-state index is 13.3. The highest BCUT2D eigenvalue weighted by atomic mass is 16.2. The Bertz CT molecular complexity index is 987. The normalized spacial score (nSPS) is 23.6. The maximum absolute atomic E-state index is 13.3. The lowest BCUT2D eigenvalue weighted by molar-refractivity contribution is -0.139. The summed E-state index contributed by atoms with van der Waals surface area (Å²) in [5.74, 6) is 0.103. The van der Waals surface area contributed by atoms with Crippen LogP contribution in [0.1, 0.15) is 44.1 Å². The van der Waals surface area contributed by atoms with Crippen molar-refractivity contribution in [3.63, 3.8) is 0 Å². The Morgan fingerprint density at radius 1 is 0.909 bits per heavy atom. The Morgan fingerprint density at radius 3 is 2.58 bits per heavy atom. The summed E-state index contributed by atoms with van der Waals surface area (Å²) in [5.41, 5.74) is 1.18. The van der Waals surface area contributed by atoms with Gasteiger partial charge in [-0.15, -0.1) is 0 Å². The number of piperazine rings is 1. The zero-order chi connectivity index (χ0) is 22.6. The summed E-state index contributed by atoms with van der Waals surface area (Å²) >= 11 is 0. The monoisotopic (exact) mass is 448 g/mol.